The summed E-state index contributed by atoms with van der Waals surface area (Å²) in [6.07, 6.45) is 1.50. The third-order valence-electron chi connectivity index (χ3n) is 2.09. The van der Waals surface area contributed by atoms with Crippen LogP contribution in [0.15, 0.2) is 29.2 Å². The minimum absolute atomic E-state index is 0.0717. The first-order chi connectivity index (χ1) is 8.54. The number of hydrogen-bond acceptors (Lipinski definition) is 4. The van der Waals surface area contributed by atoms with Gasteiger partial charge in [0.2, 0.25) is 0 Å². The van der Waals surface area contributed by atoms with E-state index in [4.69, 9.17) is 14.3 Å². The van der Waals surface area contributed by atoms with E-state index < -0.39 is 17.9 Å². The van der Waals surface area contributed by atoms with E-state index in [0.717, 1.165) is 0 Å². The van der Waals surface area contributed by atoms with Crippen LogP contribution in [0.3, 0.4) is 0 Å². The molecule has 1 amide bonds. The van der Waals surface area contributed by atoms with Gasteiger partial charge in [0.1, 0.15) is 5.76 Å². The Hall–Kier alpha value is -2.08. The van der Waals surface area contributed by atoms with E-state index in [2.05, 4.69) is 11.9 Å². The molecule has 0 aliphatic heterocycles. The number of amides is 1. The van der Waals surface area contributed by atoms with Crippen molar-refractivity contribution in [1.29, 1.82) is 0 Å². The summed E-state index contributed by atoms with van der Waals surface area (Å²) in [5.41, 5.74) is 0. The summed E-state index contributed by atoms with van der Waals surface area (Å²) in [7, 11) is 0. The number of furan rings is 1. The highest BCUT2D eigenvalue weighted by atomic mass is 16.5. The number of nitrogens with one attached hydrogen (secondary N) is 1. The summed E-state index contributed by atoms with van der Waals surface area (Å²) in [4.78, 5) is 22.6. The molecule has 6 nitrogen and oxygen atoms in total. The van der Waals surface area contributed by atoms with Gasteiger partial charge >= 0.3 is 5.97 Å². The van der Waals surface area contributed by atoms with Crippen LogP contribution in [-0.4, -0.2) is 36.2 Å². The second-order valence-corrected chi connectivity index (χ2v) is 3.60. The fourth-order valence-corrected chi connectivity index (χ4v) is 1.23. The summed E-state index contributed by atoms with van der Waals surface area (Å²) in [6.45, 7) is 5.22. The molecule has 1 atom stereocenters. The van der Waals surface area contributed by atoms with E-state index in [1.807, 2.05) is 0 Å². The number of rotatable bonds is 7. The van der Waals surface area contributed by atoms with Gasteiger partial charge in [-0.2, -0.15) is 0 Å². The summed E-state index contributed by atoms with van der Waals surface area (Å²) in [5, 5.41) is 11.2. The fourth-order valence-electron chi connectivity index (χ4n) is 1.23. The van der Waals surface area contributed by atoms with Crippen LogP contribution in [0, 0.1) is 6.92 Å². The first-order valence-electron chi connectivity index (χ1n) is 5.33. The third-order valence-corrected chi connectivity index (χ3v) is 2.09. The number of carbonyl (C=O) groups is 2. The van der Waals surface area contributed by atoms with Crippen LogP contribution in [0.5, 0.6) is 0 Å². The molecule has 1 aromatic heterocycles. The molecule has 0 saturated heterocycles. The van der Waals surface area contributed by atoms with E-state index in [1.165, 1.54) is 12.1 Å². The summed E-state index contributed by atoms with van der Waals surface area (Å²) in [6, 6.07) is 1.98. The minimum Gasteiger partial charge on any atom is -0.480 e. The number of carboxylic acids is 1. The lowest BCUT2D eigenvalue weighted by molar-refractivity contribution is -0.140. The van der Waals surface area contributed by atoms with Gasteiger partial charge in [0.05, 0.1) is 13.2 Å². The van der Waals surface area contributed by atoms with Crippen LogP contribution >= 0.6 is 0 Å². The Morgan fingerprint density at radius 3 is 2.83 bits per heavy atom. The first-order valence-corrected chi connectivity index (χ1v) is 5.33. The van der Waals surface area contributed by atoms with Gasteiger partial charge in [-0.05, 0) is 19.1 Å². The molecule has 0 aliphatic rings. The Kier molecular flexibility index (Phi) is 5.13. The molecule has 0 aromatic carbocycles. The SMILES string of the molecule is C=CCOCC(NC(=O)c1ccc(C)o1)C(=O)O. The van der Waals surface area contributed by atoms with Crippen molar-refractivity contribution in [3.05, 3.63) is 36.3 Å². The fraction of sp³-hybridized carbons (Fsp3) is 0.333. The van der Waals surface area contributed by atoms with Gasteiger partial charge in [-0.3, -0.25) is 4.79 Å². The topological polar surface area (TPSA) is 88.8 Å². The van der Waals surface area contributed by atoms with E-state index in [-0.39, 0.29) is 19.0 Å². The van der Waals surface area contributed by atoms with Crippen LogP contribution in [-0.2, 0) is 9.53 Å². The van der Waals surface area contributed by atoms with Gasteiger partial charge in [0, 0.05) is 0 Å². The van der Waals surface area contributed by atoms with Gasteiger partial charge in [0.25, 0.3) is 5.91 Å². The van der Waals surface area contributed by atoms with Crippen molar-refractivity contribution in [2.24, 2.45) is 0 Å². The zero-order chi connectivity index (χ0) is 13.5. The Balaban J connectivity index is 2.57. The highest BCUT2D eigenvalue weighted by Gasteiger charge is 2.22. The number of aryl methyl sites for hydroxylation is 1. The van der Waals surface area contributed by atoms with Crippen molar-refractivity contribution in [2.45, 2.75) is 13.0 Å². The highest BCUT2D eigenvalue weighted by molar-refractivity contribution is 5.94. The molecule has 0 saturated carbocycles. The van der Waals surface area contributed by atoms with Gasteiger partial charge in [-0.1, -0.05) is 6.08 Å². The molecule has 1 unspecified atom stereocenters. The maximum Gasteiger partial charge on any atom is 0.328 e. The molecular weight excluding hydrogens is 238 g/mol. The molecule has 6 heteroatoms. The molecular formula is C12H15NO5. The standard InChI is InChI=1S/C12H15NO5/c1-3-6-17-7-9(12(15)16)13-11(14)10-5-4-8(2)18-10/h3-5,9H,1,6-7H2,2H3,(H,13,14)(H,15,16). The molecule has 0 spiro atoms. The van der Waals surface area contributed by atoms with Crippen molar-refractivity contribution >= 4 is 11.9 Å². The van der Waals surface area contributed by atoms with E-state index >= 15 is 0 Å². The van der Waals surface area contributed by atoms with Gasteiger partial charge in [-0.25, -0.2) is 4.79 Å². The van der Waals surface area contributed by atoms with Crippen LogP contribution in [0.4, 0.5) is 0 Å². The lowest BCUT2D eigenvalue weighted by atomic mass is 10.3. The predicted molar refractivity (Wildman–Crippen MR) is 63.4 cm³/mol. The molecule has 0 bridgehead atoms. The van der Waals surface area contributed by atoms with Gasteiger partial charge in [0.15, 0.2) is 11.8 Å². The Morgan fingerprint density at radius 2 is 2.33 bits per heavy atom. The van der Waals surface area contributed by atoms with Crippen LogP contribution < -0.4 is 5.32 Å². The molecule has 0 aliphatic carbocycles. The maximum absolute atomic E-state index is 11.7. The summed E-state index contributed by atoms with van der Waals surface area (Å²) in [5.74, 6) is -1.11. The summed E-state index contributed by atoms with van der Waals surface area (Å²) < 4.78 is 10.1. The molecule has 18 heavy (non-hydrogen) atoms. The number of ether oxygens (including phenoxy) is 1. The van der Waals surface area contributed by atoms with E-state index in [9.17, 15) is 9.59 Å². The van der Waals surface area contributed by atoms with Crippen molar-refractivity contribution < 1.29 is 23.8 Å². The Morgan fingerprint density at radius 1 is 1.61 bits per heavy atom. The van der Waals surface area contributed by atoms with Crippen molar-refractivity contribution in [3.8, 4) is 0 Å². The monoisotopic (exact) mass is 253 g/mol. The average Bonchev–Trinajstić information content (AvgIpc) is 2.74. The molecule has 1 aromatic rings. The Labute approximate surface area is 104 Å². The smallest absolute Gasteiger partial charge is 0.328 e. The van der Waals surface area contributed by atoms with E-state index in [0.29, 0.717) is 5.76 Å². The molecule has 0 fully saturated rings. The number of carboxylic acid groups (broad SMARTS) is 1. The lowest BCUT2D eigenvalue weighted by Gasteiger charge is -2.13. The van der Waals surface area contributed by atoms with Crippen molar-refractivity contribution in [2.75, 3.05) is 13.2 Å². The van der Waals surface area contributed by atoms with E-state index in [1.54, 1.807) is 13.0 Å². The quantitative estimate of drug-likeness (QED) is 0.558. The first kappa shape index (κ1) is 14.0. The lowest BCUT2D eigenvalue weighted by Crippen LogP contribution is -2.44. The van der Waals surface area contributed by atoms with Crippen LogP contribution in [0.1, 0.15) is 16.3 Å². The second kappa shape index (κ2) is 6.61. The Bertz CT molecular complexity index is 437. The number of carbonyl (C=O) groups excluding carboxylic acids is 1. The number of hydrogen-bond donors (Lipinski definition) is 2. The largest absolute Gasteiger partial charge is 0.480 e. The normalized spacial score (nSPS) is 11.8. The molecule has 98 valence electrons. The van der Waals surface area contributed by atoms with Gasteiger partial charge in [-0.15, -0.1) is 6.58 Å². The van der Waals surface area contributed by atoms with Crippen LogP contribution in [0.2, 0.25) is 0 Å². The third kappa shape index (κ3) is 4.06. The van der Waals surface area contributed by atoms with Gasteiger partial charge < -0.3 is 19.6 Å². The second-order valence-electron chi connectivity index (χ2n) is 3.60. The van der Waals surface area contributed by atoms with Crippen molar-refractivity contribution in [3.63, 3.8) is 0 Å². The zero-order valence-electron chi connectivity index (χ0n) is 10.0. The zero-order valence-corrected chi connectivity index (χ0v) is 10.0. The van der Waals surface area contributed by atoms with Crippen LogP contribution in [0.25, 0.3) is 0 Å². The number of aliphatic carboxylic acids is 1. The molecule has 2 N–H and O–H groups in total. The predicted octanol–water partition coefficient (Wildman–Crippen LogP) is 0.974. The average molecular weight is 253 g/mol. The maximum atomic E-state index is 11.7. The molecule has 0 radical (unpaired) electrons. The highest BCUT2D eigenvalue weighted by Crippen LogP contribution is 2.06. The minimum atomic E-state index is -1.17. The van der Waals surface area contributed by atoms with Crippen molar-refractivity contribution in [1.82, 2.24) is 5.32 Å². The molecule has 1 rings (SSSR count). The summed E-state index contributed by atoms with van der Waals surface area (Å²) >= 11 is 0. The molecule has 1 heterocycles.